The third-order valence-corrected chi connectivity index (χ3v) is 2.81. The van der Waals surface area contributed by atoms with Crippen LogP contribution in [0.25, 0.3) is 0 Å². The van der Waals surface area contributed by atoms with Gasteiger partial charge in [-0.25, -0.2) is 0 Å². The fourth-order valence-electron chi connectivity index (χ4n) is 1.66. The molecule has 2 nitrogen and oxygen atoms in total. The van der Waals surface area contributed by atoms with Crippen LogP contribution in [0.2, 0.25) is 0 Å². The highest BCUT2D eigenvalue weighted by atomic mass is 16.5. The highest BCUT2D eigenvalue weighted by Gasteiger charge is 2.03. The van der Waals surface area contributed by atoms with E-state index in [9.17, 15) is 0 Å². The molecular weight excluding hydrogens is 210 g/mol. The van der Waals surface area contributed by atoms with Gasteiger partial charge in [0.1, 0.15) is 11.5 Å². The van der Waals surface area contributed by atoms with E-state index in [0.717, 1.165) is 28.3 Å². The van der Waals surface area contributed by atoms with Gasteiger partial charge >= 0.3 is 0 Å². The Balaban J connectivity index is 2.31. The molecule has 2 aromatic carbocycles. The molecule has 2 aromatic rings. The van der Waals surface area contributed by atoms with Crippen molar-refractivity contribution in [3.63, 3.8) is 0 Å². The van der Waals surface area contributed by atoms with Crippen LogP contribution < -0.4 is 10.5 Å². The highest BCUT2D eigenvalue weighted by molar-refractivity contribution is 5.50. The Morgan fingerprint density at radius 2 is 1.65 bits per heavy atom. The van der Waals surface area contributed by atoms with Crippen molar-refractivity contribution in [1.82, 2.24) is 0 Å². The molecule has 17 heavy (non-hydrogen) atoms. The summed E-state index contributed by atoms with van der Waals surface area (Å²) in [7, 11) is 0. The second-order valence-electron chi connectivity index (χ2n) is 4.39. The molecule has 0 fully saturated rings. The van der Waals surface area contributed by atoms with Gasteiger partial charge < -0.3 is 10.5 Å². The molecule has 0 spiro atoms. The zero-order valence-electron chi connectivity index (χ0n) is 10.4. The molecule has 0 heterocycles. The summed E-state index contributed by atoms with van der Waals surface area (Å²) in [6.45, 7) is 6.07. The van der Waals surface area contributed by atoms with Crippen molar-refractivity contribution in [2.45, 2.75) is 20.8 Å². The lowest BCUT2D eigenvalue weighted by molar-refractivity contribution is 0.478. The van der Waals surface area contributed by atoms with Crippen molar-refractivity contribution < 1.29 is 4.74 Å². The molecule has 2 rings (SSSR count). The van der Waals surface area contributed by atoms with Crippen LogP contribution in [0.3, 0.4) is 0 Å². The second-order valence-corrected chi connectivity index (χ2v) is 4.39. The van der Waals surface area contributed by atoms with Crippen LogP contribution in [0.4, 0.5) is 5.69 Å². The SMILES string of the molecule is Cc1ccc(C)c(Oc2ccc(N)c(C)c2)c1. The molecule has 2 N–H and O–H groups in total. The van der Waals surface area contributed by atoms with E-state index in [4.69, 9.17) is 10.5 Å². The van der Waals surface area contributed by atoms with Crippen LogP contribution in [0.15, 0.2) is 36.4 Å². The zero-order chi connectivity index (χ0) is 12.4. The minimum Gasteiger partial charge on any atom is -0.457 e. The first-order valence-corrected chi connectivity index (χ1v) is 5.67. The van der Waals surface area contributed by atoms with E-state index in [1.807, 2.05) is 38.1 Å². The highest BCUT2D eigenvalue weighted by Crippen LogP contribution is 2.27. The molecule has 0 amide bonds. The first kappa shape index (κ1) is 11.5. The van der Waals surface area contributed by atoms with Crippen molar-refractivity contribution in [3.05, 3.63) is 53.1 Å². The number of hydrogen-bond donors (Lipinski definition) is 1. The van der Waals surface area contributed by atoms with Gasteiger partial charge in [0.25, 0.3) is 0 Å². The van der Waals surface area contributed by atoms with Crippen LogP contribution in [-0.2, 0) is 0 Å². The topological polar surface area (TPSA) is 35.2 Å². The first-order valence-electron chi connectivity index (χ1n) is 5.67. The van der Waals surface area contributed by atoms with Crippen molar-refractivity contribution in [2.75, 3.05) is 5.73 Å². The lowest BCUT2D eigenvalue weighted by Crippen LogP contribution is -1.92. The third-order valence-electron chi connectivity index (χ3n) is 2.81. The van der Waals surface area contributed by atoms with Gasteiger partial charge in [0.2, 0.25) is 0 Å². The molecule has 0 radical (unpaired) electrons. The molecule has 0 aromatic heterocycles. The maximum atomic E-state index is 5.87. The molecular formula is C15H17NO. The van der Waals surface area contributed by atoms with Gasteiger partial charge in [0.15, 0.2) is 0 Å². The summed E-state index contributed by atoms with van der Waals surface area (Å²) in [5.41, 5.74) is 9.93. The van der Waals surface area contributed by atoms with Gasteiger partial charge in [-0.3, -0.25) is 0 Å². The molecule has 0 saturated carbocycles. The van der Waals surface area contributed by atoms with E-state index < -0.39 is 0 Å². The number of rotatable bonds is 2. The number of aryl methyl sites for hydroxylation is 3. The Kier molecular flexibility index (Phi) is 3.05. The average molecular weight is 227 g/mol. The van der Waals surface area contributed by atoms with E-state index in [1.54, 1.807) is 0 Å². The number of nitrogen functional groups attached to an aromatic ring is 1. The van der Waals surface area contributed by atoms with Crippen molar-refractivity contribution in [3.8, 4) is 11.5 Å². The molecule has 0 saturated heterocycles. The Morgan fingerprint density at radius 3 is 2.35 bits per heavy atom. The summed E-state index contributed by atoms with van der Waals surface area (Å²) in [6.07, 6.45) is 0. The minimum absolute atomic E-state index is 0.790. The van der Waals surface area contributed by atoms with E-state index in [1.165, 1.54) is 5.56 Å². The Morgan fingerprint density at radius 1 is 0.882 bits per heavy atom. The van der Waals surface area contributed by atoms with E-state index in [0.29, 0.717) is 0 Å². The number of nitrogens with two attached hydrogens (primary N) is 1. The van der Waals surface area contributed by atoms with Gasteiger partial charge in [-0.1, -0.05) is 12.1 Å². The molecule has 0 aliphatic heterocycles. The zero-order valence-corrected chi connectivity index (χ0v) is 10.4. The van der Waals surface area contributed by atoms with Crippen LogP contribution in [0.5, 0.6) is 11.5 Å². The van der Waals surface area contributed by atoms with E-state index in [-0.39, 0.29) is 0 Å². The van der Waals surface area contributed by atoms with Crippen LogP contribution in [0.1, 0.15) is 16.7 Å². The van der Waals surface area contributed by atoms with E-state index >= 15 is 0 Å². The summed E-state index contributed by atoms with van der Waals surface area (Å²) < 4.78 is 5.87. The smallest absolute Gasteiger partial charge is 0.130 e. The lowest BCUT2D eigenvalue weighted by Gasteiger charge is -2.10. The number of ether oxygens (including phenoxy) is 1. The minimum atomic E-state index is 0.790. The van der Waals surface area contributed by atoms with Crippen molar-refractivity contribution in [1.29, 1.82) is 0 Å². The summed E-state index contributed by atoms with van der Waals surface area (Å²) in [5, 5.41) is 0. The normalized spacial score (nSPS) is 10.3. The third kappa shape index (κ3) is 2.59. The van der Waals surface area contributed by atoms with Gasteiger partial charge in [-0.2, -0.15) is 0 Å². The van der Waals surface area contributed by atoms with Crippen molar-refractivity contribution >= 4 is 5.69 Å². The maximum absolute atomic E-state index is 5.87. The average Bonchev–Trinajstić information content (AvgIpc) is 2.29. The largest absolute Gasteiger partial charge is 0.457 e. The predicted octanol–water partition coefficient (Wildman–Crippen LogP) is 3.99. The standard InChI is InChI=1S/C15H17NO/c1-10-4-5-11(2)15(8-10)17-13-6-7-14(16)12(3)9-13/h4-9H,16H2,1-3H3. The van der Waals surface area contributed by atoms with Crippen LogP contribution in [0, 0.1) is 20.8 Å². The molecule has 2 heteroatoms. The Labute approximate surface area is 102 Å². The maximum Gasteiger partial charge on any atom is 0.130 e. The molecule has 0 unspecified atom stereocenters. The first-order chi connectivity index (χ1) is 8.06. The summed E-state index contributed by atoms with van der Waals surface area (Å²) in [4.78, 5) is 0. The lowest BCUT2D eigenvalue weighted by atomic mass is 10.1. The van der Waals surface area contributed by atoms with E-state index in [2.05, 4.69) is 19.1 Å². The quantitative estimate of drug-likeness (QED) is 0.787. The van der Waals surface area contributed by atoms with Gasteiger partial charge in [0.05, 0.1) is 0 Å². The fourth-order valence-corrected chi connectivity index (χ4v) is 1.66. The van der Waals surface area contributed by atoms with Gasteiger partial charge in [-0.15, -0.1) is 0 Å². The Bertz CT molecular complexity index is 547. The number of hydrogen-bond acceptors (Lipinski definition) is 2. The number of anilines is 1. The molecule has 0 aliphatic rings. The monoisotopic (exact) mass is 227 g/mol. The Hall–Kier alpha value is -1.96. The summed E-state index contributed by atoms with van der Waals surface area (Å²) in [6, 6.07) is 11.9. The second kappa shape index (κ2) is 4.50. The molecule has 88 valence electrons. The van der Waals surface area contributed by atoms with Gasteiger partial charge in [0, 0.05) is 5.69 Å². The van der Waals surface area contributed by atoms with Gasteiger partial charge in [-0.05, 0) is 61.7 Å². The summed E-state index contributed by atoms with van der Waals surface area (Å²) >= 11 is 0. The molecule has 0 aliphatic carbocycles. The molecule has 0 bridgehead atoms. The summed E-state index contributed by atoms with van der Waals surface area (Å²) in [5.74, 6) is 1.72. The van der Waals surface area contributed by atoms with Crippen molar-refractivity contribution in [2.24, 2.45) is 0 Å². The number of benzene rings is 2. The van der Waals surface area contributed by atoms with Crippen LogP contribution in [-0.4, -0.2) is 0 Å². The fraction of sp³-hybridized carbons (Fsp3) is 0.200. The van der Waals surface area contributed by atoms with Crippen LogP contribution >= 0.6 is 0 Å². The predicted molar refractivity (Wildman–Crippen MR) is 71.6 cm³/mol. The molecule has 0 atom stereocenters.